The van der Waals surface area contributed by atoms with E-state index in [1.807, 2.05) is 43.5 Å². The molecule has 3 aromatic rings. The molecule has 2 amide bonds. The molecule has 0 aliphatic carbocycles. The van der Waals surface area contributed by atoms with Crippen molar-refractivity contribution in [1.29, 1.82) is 0 Å². The minimum absolute atomic E-state index is 0.0119. The van der Waals surface area contributed by atoms with Gasteiger partial charge in [-0.1, -0.05) is 75.2 Å². The summed E-state index contributed by atoms with van der Waals surface area (Å²) in [7, 11) is 0. The van der Waals surface area contributed by atoms with Gasteiger partial charge in [-0.25, -0.2) is 0 Å². The van der Waals surface area contributed by atoms with Gasteiger partial charge in [-0.05, 0) is 42.9 Å². The minimum Gasteiger partial charge on any atom is -0.626 e. The summed E-state index contributed by atoms with van der Waals surface area (Å²) in [5.41, 5.74) is 1.39. The van der Waals surface area contributed by atoms with Gasteiger partial charge in [0.1, 0.15) is 17.5 Å². The molecule has 1 heterocycles. The van der Waals surface area contributed by atoms with E-state index in [0.29, 0.717) is 29.1 Å². The molecule has 0 fully saturated rings. The summed E-state index contributed by atoms with van der Waals surface area (Å²) in [5.74, 6) is -0.965. The molecular formula is C35H45N4O7S-. The van der Waals surface area contributed by atoms with E-state index in [2.05, 4.69) is 22.5 Å². The van der Waals surface area contributed by atoms with Gasteiger partial charge in [-0.3, -0.25) is 9.59 Å². The third kappa shape index (κ3) is 9.04. The molecule has 0 bridgehead atoms. The van der Waals surface area contributed by atoms with Crippen molar-refractivity contribution >= 4 is 40.6 Å². The molecule has 0 spiro atoms. The van der Waals surface area contributed by atoms with Crippen LogP contribution in [-0.4, -0.2) is 67.2 Å². The van der Waals surface area contributed by atoms with Crippen molar-refractivity contribution in [1.82, 2.24) is 15.4 Å². The van der Waals surface area contributed by atoms with Gasteiger partial charge in [0.25, 0.3) is 5.91 Å². The predicted molar refractivity (Wildman–Crippen MR) is 186 cm³/mol. The number of aliphatic hydroxyl groups excluding tert-OH is 2. The summed E-state index contributed by atoms with van der Waals surface area (Å²) in [6.45, 7) is 3.30. The number of para-hydroxylation sites is 1. The SMILES string of the molecule is CCCCC1(CC)CN(c2ccccc2)c2cc(SC)c(OCC(=O)NC(C(=O)NC[C@@H](O)CO)c3ccccc3)cc2[N+]([O-])([O-])C1. The van der Waals surface area contributed by atoms with E-state index in [1.54, 1.807) is 36.4 Å². The third-order valence-electron chi connectivity index (χ3n) is 8.62. The smallest absolute Gasteiger partial charge is 0.258 e. The van der Waals surface area contributed by atoms with Crippen molar-refractivity contribution in [3.8, 4) is 5.75 Å². The number of hydroxylamine groups is 2. The largest absolute Gasteiger partial charge is 0.626 e. The summed E-state index contributed by atoms with van der Waals surface area (Å²) in [4.78, 5) is 27.1. The zero-order chi connectivity index (χ0) is 34.0. The minimum atomic E-state index is -1.83. The van der Waals surface area contributed by atoms with Gasteiger partial charge < -0.3 is 45.7 Å². The Kier molecular flexibility index (Phi) is 12.7. The number of ether oxygens (including phenoxy) is 1. The molecule has 0 saturated heterocycles. The Bertz CT molecular complexity index is 1480. The summed E-state index contributed by atoms with van der Waals surface area (Å²) >= 11 is 1.37. The Morgan fingerprint density at radius 2 is 1.77 bits per heavy atom. The number of unbranched alkanes of at least 4 members (excludes halogenated alkanes) is 1. The van der Waals surface area contributed by atoms with Crippen LogP contribution in [0.25, 0.3) is 0 Å². The molecule has 47 heavy (non-hydrogen) atoms. The van der Waals surface area contributed by atoms with E-state index in [1.165, 1.54) is 17.8 Å². The number of nitrogens with one attached hydrogen (secondary N) is 2. The average molecular weight is 666 g/mol. The maximum absolute atomic E-state index is 14.0. The lowest BCUT2D eigenvalue weighted by atomic mass is 9.79. The first kappa shape index (κ1) is 36.2. The Morgan fingerprint density at radius 1 is 1.09 bits per heavy atom. The van der Waals surface area contributed by atoms with E-state index in [9.17, 15) is 25.1 Å². The quantitative estimate of drug-likeness (QED) is 0.0979. The second-order valence-electron chi connectivity index (χ2n) is 12.0. The fourth-order valence-corrected chi connectivity index (χ4v) is 6.47. The lowest BCUT2D eigenvalue weighted by Gasteiger charge is -2.50. The Balaban J connectivity index is 1.64. The van der Waals surface area contributed by atoms with Crippen molar-refractivity contribution in [3.05, 3.63) is 88.8 Å². The van der Waals surface area contributed by atoms with Crippen LogP contribution in [0, 0.1) is 15.8 Å². The molecule has 3 aromatic carbocycles. The maximum atomic E-state index is 14.0. The van der Waals surface area contributed by atoms with Crippen LogP contribution >= 0.6 is 11.8 Å². The molecule has 2 unspecified atom stereocenters. The number of rotatable bonds is 15. The average Bonchev–Trinajstić information content (AvgIpc) is 3.19. The Morgan fingerprint density at radius 3 is 2.38 bits per heavy atom. The van der Waals surface area contributed by atoms with Gasteiger partial charge >= 0.3 is 0 Å². The number of carbonyl (C=O) groups excluding carboxylic acids is 2. The number of quaternary nitrogens is 1. The van der Waals surface area contributed by atoms with Crippen LogP contribution in [0.3, 0.4) is 0 Å². The number of aliphatic hydroxyl groups is 2. The van der Waals surface area contributed by atoms with Gasteiger partial charge in [0.05, 0.1) is 24.2 Å². The molecule has 4 N–H and O–H groups in total. The fourth-order valence-electron chi connectivity index (χ4n) is 5.92. The van der Waals surface area contributed by atoms with Crippen LogP contribution < -0.4 is 25.1 Å². The molecule has 0 saturated carbocycles. The van der Waals surface area contributed by atoms with E-state index in [0.717, 1.165) is 24.9 Å². The number of nitrogens with zero attached hydrogens (tertiary/aromatic N) is 2. The van der Waals surface area contributed by atoms with Gasteiger partial charge in [-0.15, -0.1) is 11.8 Å². The lowest BCUT2D eigenvalue weighted by molar-refractivity contribution is -0.130. The molecule has 4 rings (SSSR count). The Labute approximate surface area is 280 Å². The second-order valence-corrected chi connectivity index (χ2v) is 12.8. The van der Waals surface area contributed by atoms with Crippen LogP contribution in [0.1, 0.15) is 51.1 Å². The molecule has 254 valence electrons. The molecule has 0 aromatic heterocycles. The lowest BCUT2D eigenvalue weighted by Crippen LogP contribution is -2.47. The van der Waals surface area contributed by atoms with Gasteiger partial charge in [0.15, 0.2) is 12.3 Å². The van der Waals surface area contributed by atoms with Crippen LogP contribution in [-0.2, 0) is 9.59 Å². The normalized spacial score (nSPS) is 18.4. The van der Waals surface area contributed by atoms with Crippen LogP contribution in [0.4, 0.5) is 17.1 Å². The highest BCUT2D eigenvalue weighted by Gasteiger charge is 2.41. The van der Waals surface area contributed by atoms with Crippen molar-refractivity contribution in [2.75, 3.05) is 44.0 Å². The van der Waals surface area contributed by atoms with E-state index in [4.69, 9.17) is 9.84 Å². The van der Waals surface area contributed by atoms with Crippen LogP contribution in [0.2, 0.25) is 0 Å². The van der Waals surface area contributed by atoms with Crippen molar-refractivity contribution in [2.24, 2.45) is 5.41 Å². The zero-order valence-electron chi connectivity index (χ0n) is 27.2. The van der Waals surface area contributed by atoms with Crippen LogP contribution in [0.5, 0.6) is 5.75 Å². The van der Waals surface area contributed by atoms with Gasteiger partial charge in [-0.2, -0.15) is 0 Å². The summed E-state index contributed by atoms with van der Waals surface area (Å²) in [6.07, 6.45) is 3.97. The van der Waals surface area contributed by atoms with E-state index >= 15 is 0 Å². The molecule has 3 atom stereocenters. The van der Waals surface area contributed by atoms with Gasteiger partial charge in [0.2, 0.25) is 5.91 Å². The number of thioether (sulfide) groups is 1. The highest BCUT2D eigenvalue weighted by atomic mass is 32.2. The molecule has 11 nitrogen and oxygen atoms in total. The number of carbonyl (C=O) groups is 2. The monoisotopic (exact) mass is 665 g/mol. The number of benzene rings is 3. The molecule has 1 aliphatic heterocycles. The van der Waals surface area contributed by atoms with Crippen molar-refractivity contribution < 1.29 is 24.5 Å². The van der Waals surface area contributed by atoms with Gasteiger partial charge in [0, 0.05) is 30.3 Å². The maximum Gasteiger partial charge on any atom is 0.258 e. The molecular weight excluding hydrogens is 620 g/mol. The first-order valence-electron chi connectivity index (χ1n) is 16.0. The first-order valence-corrected chi connectivity index (χ1v) is 17.2. The molecule has 1 aliphatic rings. The summed E-state index contributed by atoms with van der Waals surface area (Å²) < 4.78 is 5.96. The van der Waals surface area contributed by atoms with E-state index in [-0.39, 0.29) is 24.5 Å². The number of anilines is 2. The first-order chi connectivity index (χ1) is 22.6. The topological polar surface area (TPSA) is 157 Å². The number of fused-ring (bicyclic) bond motifs is 1. The van der Waals surface area contributed by atoms with Crippen molar-refractivity contribution in [3.63, 3.8) is 0 Å². The third-order valence-corrected chi connectivity index (χ3v) is 9.37. The highest BCUT2D eigenvalue weighted by Crippen LogP contribution is 2.50. The fraction of sp³-hybridized carbons (Fsp3) is 0.429. The van der Waals surface area contributed by atoms with E-state index < -0.39 is 47.4 Å². The zero-order valence-corrected chi connectivity index (χ0v) is 28.0. The summed E-state index contributed by atoms with van der Waals surface area (Å²) in [6, 6.07) is 20.5. The summed E-state index contributed by atoms with van der Waals surface area (Å²) in [5, 5.41) is 52.0. The van der Waals surface area contributed by atoms with Crippen molar-refractivity contribution in [2.45, 2.75) is 56.6 Å². The van der Waals surface area contributed by atoms with Crippen LogP contribution in [0.15, 0.2) is 77.7 Å². The number of hydrogen-bond acceptors (Lipinski definition) is 9. The number of hydrogen-bond donors (Lipinski definition) is 4. The Hall–Kier alpha value is -3.65. The number of amides is 2. The standard InChI is InChI=1S/C35H45N4O7S/c1-4-6-17-35(5-2)23-38(26-15-11-8-12-16-26)28-18-31(47-3)30(19-29(28)39(44,45)24-35)46-22-32(42)37-33(25-13-9-7-10-14-25)34(43)36-20-27(41)21-40/h7-16,18-19,27,33,40-41H,4-6,17,20-24H2,1-3H3,(H,36,43)(H,37,42)/q-1/t27-,33?,35?/m1/s1. The second kappa shape index (κ2) is 16.4. The highest BCUT2D eigenvalue weighted by molar-refractivity contribution is 7.98. The predicted octanol–water partition coefficient (Wildman–Crippen LogP) is 5.16. The molecule has 12 heteroatoms. The molecule has 0 radical (unpaired) electrons.